The second-order valence-electron chi connectivity index (χ2n) is 6.34. The number of carbonyl (C=O) groups is 2. The number of halogens is 1. The van der Waals surface area contributed by atoms with Gasteiger partial charge in [-0.15, -0.1) is 0 Å². The summed E-state index contributed by atoms with van der Waals surface area (Å²) in [7, 11) is 1.55. The highest BCUT2D eigenvalue weighted by atomic mass is 19.1. The van der Waals surface area contributed by atoms with Crippen molar-refractivity contribution in [2.45, 2.75) is 19.4 Å². The minimum absolute atomic E-state index is 0. The van der Waals surface area contributed by atoms with E-state index in [-0.39, 0.29) is 26.0 Å². The Balaban J connectivity index is 0.00000210. The lowest BCUT2D eigenvalue weighted by molar-refractivity contribution is -0.117. The highest BCUT2D eigenvalue weighted by molar-refractivity contribution is 6.03. The number of nitrogens with one attached hydrogen (secondary N) is 1. The van der Waals surface area contributed by atoms with E-state index >= 15 is 0 Å². The zero-order chi connectivity index (χ0) is 18.4. The number of cyclic esters (lactones) is 1. The van der Waals surface area contributed by atoms with Crippen LogP contribution < -0.4 is 15.1 Å². The lowest BCUT2D eigenvalue weighted by Gasteiger charge is -2.20. The number of rotatable bonds is 4. The number of hydrogen-bond donors (Lipinski definition) is 1. The van der Waals surface area contributed by atoms with Gasteiger partial charge in [-0.25, -0.2) is 9.18 Å². The molecule has 3 heterocycles. The topological polar surface area (TPSA) is 87.9 Å². The van der Waals surface area contributed by atoms with E-state index in [4.69, 9.17) is 9.26 Å². The third-order valence-corrected chi connectivity index (χ3v) is 4.76. The molecule has 9 heteroatoms. The monoisotopic (exact) mass is 362 g/mol. The van der Waals surface area contributed by atoms with Gasteiger partial charge in [0.15, 0.2) is 5.82 Å². The number of ether oxygens (including phenoxy) is 1. The van der Waals surface area contributed by atoms with E-state index in [9.17, 15) is 14.0 Å². The smallest absolute Gasteiger partial charge is 0.414 e. The van der Waals surface area contributed by atoms with Crippen molar-refractivity contribution in [2.75, 3.05) is 35.3 Å². The van der Waals surface area contributed by atoms with Crippen LogP contribution >= 0.6 is 0 Å². The zero-order valence-corrected chi connectivity index (χ0v) is 14.3. The first kappa shape index (κ1) is 16.4. The molecular weight excluding hydrogens is 343 g/mol. The van der Waals surface area contributed by atoms with Crippen molar-refractivity contribution < 1.29 is 24.7 Å². The minimum atomic E-state index is -0.544. The van der Waals surface area contributed by atoms with Crippen molar-refractivity contribution in [1.82, 2.24) is 5.16 Å². The van der Waals surface area contributed by atoms with Gasteiger partial charge in [-0.2, -0.15) is 0 Å². The largest absolute Gasteiger partial charge is 0.442 e. The van der Waals surface area contributed by atoms with Crippen molar-refractivity contribution in [1.29, 1.82) is 0 Å². The Morgan fingerprint density at radius 1 is 1.46 bits per heavy atom. The Bertz CT molecular complexity index is 890. The van der Waals surface area contributed by atoms with Crippen molar-refractivity contribution in [3.05, 3.63) is 35.3 Å². The van der Waals surface area contributed by atoms with Gasteiger partial charge in [0.2, 0.25) is 5.91 Å². The predicted octanol–water partition coefficient (Wildman–Crippen LogP) is 2.32. The number of anilines is 3. The summed E-state index contributed by atoms with van der Waals surface area (Å²) in [6, 6.07) is 2.94. The van der Waals surface area contributed by atoms with Gasteiger partial charge in [-0.05, 0) is 18.1 Å². The summed E-state index contributed by atoms with van der Waals surface area (Å²) in [4.78, 5) is 26.9. The SMILES string of the molecule is Cc1c(N2C[C@H](CNc3ccon3)OC2=O)cc(F)c2c1CC(=O)N2C.[HH]. The second kappa shape index (κ2) is 6.01. The van der Waals surface area contributed by atoms with E-state index in [0.29, 0.717) is 29.2 Å². The molecule has 4 rings (SSSR count). The maximum atomic E-state index is 14.6. The molecule has 1 N–H and O–H groups in total. The van der Waals surface area contributed by atoms with Crippen LogP contribution in [0.3, 0.4) is 0 Å². The van der Waals surface area contributed by atoms with Crippen molar-refractivity contribution in [3.8, 4) is 0 Å². The molecule has 0 unspecified atom stereocenters. The summed E-state index contributed by atoms with van der Waals surface area (Å²) >= 11 is 0. The van der Waals surface area contributed by atoms with Crippen LogP contribution in [0.4, 0.5) is 26.4 Å². The Kier molecular flexibility index (Phi) is 3.78. The van der Waals surface area contributed by atoms with Crippen LogP contribution in [-0.4, -0.2) is 43.4 Å². The van der Waals surface area contributed by atoms with Crippen LogP contribution in [0.5, 0.6) is 0 Å². The highest BCUT2D eigenvalue weighted by Gasteiger charge is 2.37. The minimum Gasteiger partial charge on any atom is -0.442 e. The van der Waals surface area contributed by atoms with Crippen LogP contribution in [0.25, 0.3) is 0 Å². The third-order valence-electron chi connectivity index (χ3n) is 4.76. The number of amides is 2. The molecule has 0 spiro atoms. The molecule has 2 aliphatic rings. The molecule has 2 aliphatic heterocycles. The maximum Gasteiger partial charge on any atom is 0.414 e. The van der Waals surface area contributed by atoms with Gasteiger partial charge in [0.05, 0.1) is 30.9 Å². The van der Waals surface area contributed by atoms with Gasteiger partial charge in [0.25, 0.3) is 0 Å². The summed E-state index contributed by atoms with van der Waals surface area (Å²) in [5.74, 6) is -0.149. The quantitative estimate of drug-likeness (QED) is 0.898. The van der Waals surface area contributed by atoms with Gasteiger partial charge in [-0.3, -0.25) is 9.69 Å². The molecule has 1 atom stereocenters. The Morgan fingerprint density at radius 3 is 3.00 bits per heavy atom. The van der Waals surface area contributed by atoms with Gasteiger partial charge >= 0.3 is 6.09 Å². The molecule has 2 aromatic rings. The molecule has 1 saturated heterocycles. The summed E-state index contributed by atoms with van der Waals surface area (Å²) in [6.45, 7) is 2.41. The van der Waals surface area contributed by atoms with Crippen LogP contribution in [-0.2, 0) is 16.0 Å². The lowest BCUT2D eigenvalue weighted by Crippen LogP contribution is -2.28. The fourth-order valence-electron chi connectivity index (χ4n) is 3.37. The van der Waals surface area contributed by atoms with Gasteiger partial charge in [0.1, 0.15) is 18.2 Å². The molecular formula is C17H19FN4O4. The van der Waals surface area contributed by atoms with E-state index < -0.39 is 18.0 Å². The second-order valence-corrected chi connectivity index (χ2v) is 6.34. The van der Waals surface area contributed by atoms with E-state index in [1.54, 1.807) is 20.0 Å². The Hall–Kier alpha value is -3.10. The van der Waals surface area contributed by atoms with Crippen LogP contribution in [0.2, 0.25) is 0 Å². The summed E-state index contributed by atoms with van der Waals surface area (Å²) < 4.78 is 24.6. The highest BCUT2D eigenvalue weighted by Crippen LogP contribution is 2.39. The van der Waals surface area contributed by atoms with E-state index in [0.717, 1.165) is 0 Å². The maximum absolute atomic E-state index is 14.6. The van der Waals surface area contributed by atoms with E-state index in [2.05, 4.69) is 10.5 Å². The van der Waals surface area contributed by atoms with Crippen LogP contribution in [0, 0.1) is 12.7 Å². The standard InChI is InChI=1S/C17H17FN4O4.H2/c1-9-11-5-15(23)21(2)16(11)12(18)6-13(9)22-8-10(26-17(22)24)7-19-14-3-4-25-20-14;/h3-4,6,10H,5,7-8H2,1-2H3,(H,19,20);1H/t10-;/m0./s1. The summed E-state index contributed by atoms with van der Waals surface area (Å²) in [5.41, 5.74) is 2.04. The molecule has 1 fully saturated rings. The Morgan fingerprint density at radius 2 is 2.27 bits per heavy atom. The predicted molar refractivity (Wildman–Crippen MR) is 93.0 cm³/mol. The lowest BCUT2D eigenvalue weighted by atomic mass is 10.0. The average molecular weight is 362 g/mol. The first-order valence-electron chi connectivity index (χ1n) is 8.16. The fourth-order valence-corrected chi connectivity index (χ4v) is 3.37. The first-order chi connectivity index (χ1) is 12.5. The molecule has 138 valence electrons. The number of likely N-dealkylation sites (N-methyl/N-ethyl adjacent to an activating group) is 1. The Labute approximate surface area is 150 Å². The number of benzene rings is 1. The third kappa shape index (κ3) is 2.56. The van der Waals surface area contributed by atoms with Crippen molar-refractivity contribution in [3.63, 3.8) is 0 Å². The van der Waals surface area contributed by atoms with Gasteiger partial charge < -0.3 is 19.5 Å². The molecule has 0 saturated carbocycles. The molecule has 2 amide bonds. The number of fused-ring (bicyclic) bond motifs is 1. The van der Waals surface area contributed by atoms with Crippen LogP contribution in [0.1, 0.15) is 12.6 Å². The van der Waals surface area contributed by atoms with E-state index in [1.807, 2.05) is 0 Å². The van der Waals surface area contributed by atoms with Crippen molar-refractivity contribution in [2.24, 2.45) is 0 Å². The molecule has 0 radical (unpaired) electrons. The number of nitrogens with zero attached hydrogens (tertiary/aromatic N) is 3. The number of carbonyl (C=O) groups excluding carboxylic acids is 2. The average Bonchev–Trinajstić information content (AvgIpc) is 3.31. The number of aromatic nitrogens is 1. The van der Waals surface area contributed by atoms with Gasteiger partial charge in [0, 0.05) is 20.6 Å². The fraction of sp³-hybridized carbons (Fsp3) is 0.353. The molecule has 0 bridgehead atoms. The molecule has 0 aliphatic carbocycles. The van der Waals surface area contributed by atoms with Crippen LogP contribution in [0.15, 0.2) is 22.9 Å². The molecule has 26 heavy (non-hydrogen) atoms. The number of hydrogen-bond acceptors (Lipinski definition) is 6. The van der Waals surface area contributed by atoms with Crippen molar-refractivity contribution >= 4 is 29.2 Å². The normalized spacial score (nSPS) is 19.1. The summed E-state index contributed by atoms with van der Waals surface area (Å²) in [6.07, 6.45) is 0.600. The molecule has 8 nitrogen and oxygen atoms in total. The molecule has 1 aromatic carbocycles. The summed E-state index contributed by atoms with van der Waals surface area (Å²) in [5, 5.41) is 6.73. The first-order valence-corrected chi connectivity index (χ1v) is 8.16. The van der Waals surface area contributed by atoms with Gasteiger partial charge in [-0.1, -0.05) is 5.16 Å². The van der Waals surface area contributed by atoms with E-state index in [1.165, 1.54) is 22.1 Å². The zero-order valence-electron chi connectivity index (χ0n) is 14.3. The molecule has 1 aromatic heterocycles.